The largest absolute Gasteiger partial charge is 0.481 e. The van der Waals surface area contributed by atoms with Crippen LogP contribution in [-0.4, -0.2) is 41.6 Å². The van der Waals surface area contributed by atoms with Gasteiger partial charge in [-0.2, -0.15) is 0 Å². The third-order valence-electron chi connectivity index (χ3n) is 5.27. The van der Waals surface area contributed by atoms with Crippen molar-refractivity contribution in [2.24, 2.45) is 11.8 Å². The highest BCUT2D eigenvalue weighted by molar-refractivity contribution is 5.81. The number of ether oxygens (including phenoxy) is 1. The highest BCUT2D eigenvalue weighted by Gasteiger charge is 2.37. The van der Waals surface area contributed by atoms with Crippen molar-refractivity contribution in [2.75, 3.05) is 19.7 Å². The molecular weight excluding hydrogens is 306 g/mol. The number of hydrogen-bond acceptors (Lipinski definition) is 3. The molecule has 130 valence electrons. The van der Waals surface area contributed by atoms with Crippen LogP contribution in [0.25, 0.3) is 0 Å². The number of hydrogen-bond donors (Lipinski definition) is 1. The average molecular weight is 331 g/mol. The molecule has 1 saturated carbocycles. The van der Waals surface area contributed by atoms with Gasteiger partial charge in [-0.15, -0.1) is 0 Å². The van der Waals surface area contributed by atoms with E-state index in [0.717, 1.165) is 12.0 Å². The lowest BCUT2D eigenvalue weighted by atomic mass is 10.0. The molecule has 1 saturated heterocycles. The molecule has 2 aliphatic rings. The molecule has 5 nitrogen and oxygen atoms in total. The molecule has 3 rings (SSSR count). The van der Waals surface area contributed by atoms with E-state index >= 15 is 0 Å². The van der Waals surface area contributed by atoms with Crippen molar-refractivity contribution in [1.29, 1.82) is 0 Å². The average Bonchev–Trinajstić information content (AvgIpc) is 3.12. The van der Waals surface area contributed by atoms with Crippen LogP contribution in [0.3, 0.4) is 0 Å². The Morgan fingerprint density at radius 2 is 1.92 bits per heavy atom. The Labute approximate surface area is 142 Å². The summed E-state index contributed by atoms with van der Waals surface area (Å²) < 4.78 is 5.85. The van der Waals surface area contributed by atoms with Crippen LogP contribution in [0.5, 0.6) is 0 Å². The Hall–Kier alpha value is -1.88. The highest BCUT2D eigenvalue weighted by atomic mass is 16.5. The van der Waals surface area contributed by atoms with Gasteiger partial charge in [-0.05, 0) is 36.8 Å². The number of rotatable bonds is 4. The number of carbonyl (C=O) groups excluding carboxylic acids is 1. The fourth-order valence-electron chi connectivity index (χ4n) is 3.71. The summed E-state index contributed by atoms with van der Waals surface area (Å²) in [5.74, 6) is -1.19. The maximum Gasteiger partial charge on any atom is 0.306 e. The predicted molar refractivity (Wildman–Crippen MR) is 89.6 cm³/mol. The first kappa shape index (κ1) is 17.0. The number of carbonyl (C=O) groups is 2. The first-order chi connectivity index (χ1) is 11.6. The number of carboxylic acids is 1. The minimum atomic E-state index is -0.777. The Balaban J connectivity index is 1.62. The quantitative estimate of drug-likeness (QED) is 0.921. The van der Waals surface area contributed by atoms with E-state index in [2.05, 4.69) is 31.2 Å². The molecule has 0 bridgehead atoms. The minimum Gasteiger partial charge on any atom is -0.481 e. The topological polar surface area (TPSA) is 66.8 Å². The molecule has 1 aliphatic heterocycles. The summed E-state index contributed by atoms with van der Waals surface area (Å²) >= 11 is 0. The van der Waals surface area contributed by atoms with E-state index in [-0.39, 0.29) is 23.8 Å². The Morgan fingerprint density at radius 3 is 2.54 bits per heavy atom. The van der Waals surface area contributed by atoms with Gasteiger partial charge in [-0.25, -0.2) is 0 Å². The van der Waals surface area contributed by atoms with Crippen molar-refractivity contribution in [1.82, 2.24) is 4.90 Å². The van der Waals surface area contributed by atoms with Crippen LogP contribution in [0, 0.1) is 11.8 Å². The van der Waals surface area contributed by atoms with Gasteiger partial charge in [0.25, 0.3) is 0 Å². The number of benzene rings is 1. The van der Waals surface area contributed by atoms with Crippen LogP contribution in [0.1, 0.15) is 43.4 Å². The van der Waals surface area contributed by atoms with Crippen molar-refractivity contribution < 1.29 is 19.4 Å². The summed E-state index contributed by atoms with van der Waals surface area (Å²) in [6.07, 6.45) is 2.68. The van der Waals surface area contributed by atoms with Gasteiger partial charge in [0.15, 0.2) is 0 Å². The SMILES string of the molecule is CCc1ccc(C2CN(C(=O)[C@@H]3CC[C@H](C(=O)O)C3)CCO2)cc1. The monoisotopic (exact) mass is 331 g/mol. The number of nitrogens with zero attached hydrogens (tertiary/aromatic N) is 1. The zero-order chi connectivity index (χ0) is 17.1. The number of aliphatic carboxylic acids is 1. The maximum atomic E-state index is 12.7. The van der Waals surface area contributed by atoms with Gasteiger partial charge in [0.1, 0.15) is 6.10 Å². The van der Waals surface area contributed by atoms with Crippen LogP contribution in [-0.2, 0) is 20.7 Å². The van der Waals surface area contributed by atoms with E-state index in [9.17, 15) is 9.59 Å². The van der Waals surface area contributed by atoms with Crippen LogP contribution in [0.2, 0.25) is 0 Å². The summed E-state index contributed by atoms with van der Waals surface area (Å²) in [6.45, 7) is 3.80. The molecule has 1 unspecified atom stereocenters. The Morgan fingerprint density at radius 1 is 1.21 bits per heavy atom. The first-order valence-electron chi connectivity index (χ1n) is 8.80. The number of aryl methyl sites for hydroxylation is 1. The lowest BCUT2D eigenvalue weighted by Crippen LogP contribution is -2.44. The molecular formula is C19H25NO4. The van der Waals surface area contributed by atoms with Gasteiger partial charge < -0.3 is 14.7 Å². The van der Waals surface area contributed by atoms with Crippen LogP contribution in [0.15, 0.2) is 24.3 Å². The maximum absolute atomic E-state index is 12.7. The molecule has 0 spiro atoms. The third-order valence-corrected chi connectivity index (χ3v) is 5.27. The van der Waals surface area contributed by atoms with Gasteiger partial charge in [-0.1, -0.05) is 31.2 Å². The van der Waals surface area contributed by atoms with Gasteiger partial charge in [-0.3, -0.25) is 9.59 Å². The van der Waals surface area contributed by atoms with E-state index in [1.165, 1.54) is 5.56 Å². The molecule has 0 aromatic heterocycles. The van der Waals surface area contributed by atoms with Crippen LogP contribution < -0.4 is 0 Å². The smallest absolute Gasteiger partial charge is 0.306 e. The van der Waals surface area contributed by atoms with Crippen molar-refractivity contribution in [3.05, 3.63) is 35.4 Å². The zero-order valence-electron chi connectivity index (χ0n) is 14.1. The standard InChI is InChI=1S/C19H25NO4/c1-2-13-3-5-14(6-4-13)17-12-20(9-10-24-17)18(21)15-7-8-16(11-15)19(22)23/h3-6,15-17H,2,7-12H2,1H3,(H,22,23)/t15-,16+,17?/m1/s1. The first-order valence-corrected chi connectivity index (χ1v) is 8.80. The minimum absolute atomic E-state index is 0.0923. The summed E-state index contributed by atoms with van der Waals surface area (Å²) in [5.41, 5.74) is 2.38. The normalized spacial score (nSPS) is 27.2. The second-order valence-corrected chi connectivity index (χ2v) is 6.78. The van der Waals surface area contributed by atoms with E-state index in [4.69, 9.17) is 9.84 Å². The second-order valence-electron chi connectivity index (χ2n) is 6.78. The zero-order valence-corrected chi connectivity index (χ0v) is 14.1. The highest BCUT2D eigenvalue weighted by Crippen LogP contribution is 2.33. The summed E-state index contributed by atoms with van der Waals surface area (Å²) in [7, 11) is 0. The molecule has 1 amide bonds. The van der Waals surface area contributed by atoms with Crippen LogP contribution in [0.4, 0.5) is 0 Å². The van der Waals surface area contributed by atoms with E-state index in [0.29, 0.717) is 39.0 Å². The van der Waals surface area contributed by atoms with Gasteiger partial charge >= 0.3 is 5.97 Å². The number of carboxylic acid groups (broad SMARTS) is 1. The van der Waals surface area contributed by atoms with Gasteiger partial charge in [0.05, 0.1) is 19.1 Å². The molecule has 1 aliphatic carbocycles. The lowest BCUT2D eigenvalue weighted by molar-refractivity contribution is -0.144. The third kappa shape index (κ3) is 3.61. The van der Waals surface area contributed by atoms with Gasteiger partial charge in [0, 0.05) is 12.5 Å². The molecule has 3 atom stereocenters. The molecule has 24 heavy (non-hydrogen) atoms. The van der Waals surface area contributed by atoms with Crippen molar-refractivity contribution >= 4 is 11.9 Å². The molecule has 1 N–H and O–H groups in total. The van der Waals surface area contributed by atoms with Gasteiger partial charge in [0.2, 0.25) is 5.91 Å². The fraction of sp³-hybridized carbons (Fsp3) is 0.579. The van der Waals surface area contributed by atoms with Crippen molar-refractivity contribution in [3.63, 3.8) is 0 Å². The predicted octanol–water partition coefficient (Wildman–Crippen LogP) is 2.65. The Bertz CT molecular complexity index is 598. The van der Waals surface area contributed by atoms with Crippen molar-refractivity contribution in [2.45, 2.75) is 38.7 Å². The summed E-state index contributed by atoms with van der Waals surface area (Å²) in [6, 6.07) is 8.36. The van der Waals surface area contributed by atoms with Crippen molar-refractivity contribution in [3.8, 4) is 0 Å². The molecule has 2 fully saturated rings. The molecule has 1 heterocycles. The summed E-state index contributed by atoms with van der Waals surface area (Å²) in [5, 5.41) is 9.11. The van der Waals surface area contributed by atoms with Crippen LogP contribution >= 0.6 is 0 Å². The lowest BCUT2D eigenvalue weighted by Gasteiger charge is -2.34. The van der Waals surface area contributed by atoms with E-state index < -0.39 is 5.97 Å². The van der Waals surface area contributed by atoms with E-state index in [1.54, 1.807) is 0 Å². The molecule has 1 aromatic rings. The van der Waals surface area contributed by atoms with E-state index in [1.807, 2.05) is 4.90 Å². The number of amides is 1. The fourth-order valence-corrected chi connectivity index (χ4v) is 3.71. The molecule has 5 heteroatoms. The number of morpholine rings is 1. The summed E-state index contributed by atoms with van der Waals surface area (Å²) in [4.78, 5) is 25.7. The molecule has 0 radical (unpaired) electrons. The Kier molecular flexibility index (Phi) is 5.19. The molecule has 1 aromatic carbocycles. The second kappa shape index (κ2) is 7.34.